The second kappa shape index (κ2) is 6.17. The highest BCUT2D eigenvalue weighted by atomic mass is 16.3. The van der Waals surface area contributed by atoms with Gasteiger partial charge in [-0.2, -0.15) is 0 Å². The molecule has 0 aromatic heterocycles. The van der Waals surface area contributed by atoms with Gasteiger partial charge in [-0.25, -0.2) is 0 Å². The Morgan fingerprint density at radius 3 is 2.43 bits per heavy atom. The van der Waals surface area contributed by atoms with Crippen molar-refractivity contribution in [3.63, 3.8) is 0 Å². The summed E-state index contributed by atoms with van der Waals surface area (Å²) in [4.78, 5) is 14.7. The quantitative estimate of drug-likeness (QED) is 0.909. The monoisotopic (exact) mass is 309 g/mol. The predicted octanol–water partition coefficient (Wildman–Crippen LogP) is 3.93. The third-order valence-corrected chi connectivity index (χ3v) is 4.60. The van der Waals surface area contributed by atoms with Gasteiger partial charge in [0.25, 0.3) is 5.91 Å². The fraction of sp³-hybridized carbons (Fsp3) is 0.350. The molecule has 0 bridgehead atoms. The standard InChI is InChI=1S/C20H23NO2/c1-3-13-20(2,23)18-16-11-7-8-12-17(16)19(22)21(18)14-15-9-5-4-6-10-15/h4-12,18,23H,3,13-14H2,1-2H3. The van der Waals surface area contributed by atoms with Gasteiger partial charge in [0.1, 0.15) is 0 Å². The van der Waals surface area contributed by atoms with Crippen molar-refractivity contribution in [2.45, 2.75) is 44.9 Å². The van der Waals surface area contributed by atoms with Gasteiger partial charge in [0.05, 0.1) is 11.6 Å². The lowest BCUT2D eigenvalue weighted by atomic mass is 9.86. The van der Waals surface area contributed by atoms with E-state index in [-0.39, 0.29) is 11.9 Å². The molecule has 1 heterocycles. The van der Waals surface area contributed by atoms with E-state index in [1.807, 2.05) is 66.4 Å². The summed E-state index contributed by atoms with van der Waals surface area (Å²) in [6.07, 6.45) is 1.53. The van der Waals surface area contributed by atoms with Crippen LogP contribution in [0.3, 0.4) is 0 Å². The number of nitrogens with zero attached hydrogens (tertiary/aromatic N) is 1. The van der Waals surface area contributed by atoms with E-state index >= 15 is 0 Å². The molecule has 0 radical (unpaired) electrons. The largest absolute Gasteiger partial charge is 0.388 e. The molecule has 2 aromatic carbocycles. The van der Waals surface area contributed by atoms with Gasteiger partial charge in [-0.3, -0.25) is 4.79 Å². The van der Waals surface area contributed by atoms with Crippen molar-refractivity contribution in [1.29, 1.82) is 0 Å². The van der Waals surface area contributed by atoms with Gasteiger partial charge < -0.3 is 10.0 Å². The Morgan fingerprint density at radius 2 is 1.74 bits per heavy atom. The van der Waals surface area contributed by atoms with E-state index < -0.39 is 5.60 Å². The molecular formula is C20H23NO2. The predicted molar refractivity (Wildman–Crippen MR) is 91.0 cm³/mol. The van der Waals surface area contributed by atoms with E-state index in [4.69, 9.17) is 0 Å². The van der Waals surface area contributed by atoms with Crippen LogP contribution in [0.25, 0.3) is 0 Å². The lowest BCUT2D eigenvalue weighted by Gasteiger charge is -2.37. The molecule has 23 heavy (non-hydrogen) atoms. The summed E-state index contributed by atoms with van der Waals surface area (Å²) in [5, 5.41) is 11.0. The zero-order chi connectivity index (χ0) is 16.4. The maximum atomic E-state index is 12.9. The number of carbonyl (C=O) groups is 1. The van der Waals surface area contributed by atoms with Gasteiger partial charge in [0.15, 0.2) is 0 Å². The van der Waals surface area contributed by atoms with Crippen LogP contribution < -0.4 is 0 Å². The first kappa shape index (κ1) is 15.8. The van der Waals surface area contributed by atoms with Crippen molar-refractivity contribution < 1.29 is 9.90 Å². The lowest BCUT2D eigenvalue weighted by molar-refractivity contribution is -0.0311. The first-order chi connectivity index (χ1) is 11.0. The Kier molecular flexibility index (Phi) is 4.22. The first-order valence-electron chi connectivity index (χ1n) is 8.21. The van der Waals surface area contributed by atoms with Crippen molar-refractivity contribution in [2.24, 2.45) is 0 Å². The second-order valence-electron chi connectivity index (χ2n) is 6.52. The van der Waals surface area contributed by atoms with Gasteiger partial charge in [-0.05, 0) is 30.5 Å². The number of aliphatic hydroxyl groups is 1. The van der Waals surface area contributed by atoms with Crippen molar-refractivity contribution in [3.05, 3.63) is 71.3 Å². The number of amides is 1. The molecule has 0 spiro atoms. The van der Waals surface area contributed by atoms with Crippen LogP contribution in [0.4, 0.5) is 0 Å². The van der Waals surface area contributed by atoms with Crippen molar-refractivity contribution >= 4 is 5.91 Å². The average molecular weight is 309 g/mol. The minimum Gasteiger partial charge on any atom is -0.388 e. The third-order valence-electron chi connectivity index (χ3n) is 4.60. The van der Waals surface area contributed by atoms with Crippen LogP contribution in [0, 0.1) is 0 Å². The zero-order valence-corrected chi connectivity index (χ0v) is 13.7. The smallest absolute Gasteiger partial charge is 0.255 e. The molecule has 1 aliphatic heterocycles. The summed E-state index contributed by atoms with van der Waals surface area (Å²) >= 11 is 0. The average Bonchev–Trinajstić information content (AvgIpc) is 2.82. The summed E-state index contributed by atoms with van der Waals surface area (Å²) in [7, 11) is 0. The van der Waals surface area contributed by atoms with Crippen molar-refractivity contribution in [1.82, 2.24) is 4.90 Å². The fourth-order valence-corrected chi connectivity index (χ4v) is 3.63. The van der Waals surface area contributed by atoms with E-state index in [0.29, 0.717) is 18.5 Å². The molecule has 0 saturated carbocycles. The Labute approximate surface area is 137 Å². The first-order valence-corrected chi connectivity index (χ1v) is 8.21. The molecule has 2 atom stereocenters. The maximum absolute atomic E-state index is 12.9. The number of rotatable bonds is 5. The number of hydrogen-bond donors (Lipinski definition) is 1. The number of benzene rings is 2. The Morgan fingerprint density at radius 1 is 1.09 bits per heavy atom. The highest BCUT2D eigenvalue weighted by Gasteiger charge is 2.45. The summed E-state index contributed by atoms with van der Waals surface area (Å²) in [5.41, 5.74) is 1.79. The molecule has 0 fully saturated rings. The molecule has 0 aliphatic carbocycles. The molecule has 120 valence electrons. The van der Waals surface area contributed by atoms with E-state index in [0.717, 1.165) is 17.5 Å². The Bertz CT molecular complexity index is 694. The molecule has 1 aliphatic rings. The van der Waals surface area contributed by atoms with Crippen LogP contribution in [0.2, 0.25) is 0 Å². The normalized spacial score (nSPS) is 19.5. The zero-order valence-electron chi connectivity index (χ0n) is 13.7. The summed E-state index contributed by atoms with van der Waals surface area (Å²) < 4.78 is 0. The van der Waals surface area contributed by atoms with Crippen molar-refractivity contribution in [3.8, 4) is 0 Å². The van der Waals surface area contributed by atoms with Crippen LogP contribution in [0.1, 0.15) is 54.2 Å². The Balaban J connectivity index is 2.01. The van der Waals surface area contributed by atoms with Crippen LogP contribution in [0.5, 0.6) is 0 Å². The van der Waals surface area contributed by atoms with E-state index in [1.54, 1.807) is 0 Å². The summed E-state index contributed by atoms with van der Waals surface area (Å²) in [6, 6.07) is 17.3. The molecule has 0 saturated heterocycles. The maximum Gasteiger partial charge on any atom is 0.255 e. The number of carbonyl (C=O) groups excluding carboxylic acids is 1. The lowest BCUT2D eigenvalue weighted by Crippen LogP contribution is -2.42. The number of hydrogen-bond acceptors (Lipinski definition) is 2. The SMILES string of the molecule is CCCC(C)(O)C1c2ccccc2C(=O)N1Cc1ccccc1. The van der Waals surface area contributed by atoms with Crippen molar-refractivity contribution in [2.75, 3.05) is 0 Å². The van der Waals surface area contributed by atoms with Crippen LogP contribution in [-0.4, -0.2) is 21.5 Å². The minimum atomic E-state index is -0.939. The molecule has 3 rings (SSSR count). The van der Waals surface area contributed by atoms with E-state index in [1.165, 1.54) is 0 Å². The molecule has 2 aromatic rings. The highest BCUT2D eigenvalue weighted by Crippen LogP contribution is 2.43. The van der Waals surface area contributed by atoms with Gasteiger partial charge >= 0.3 is 0 Å². The Hall–Kier alpha value is -2.13. The summed E-state index contributed by atoms with van der Waals surface area (Å²) in [6.45, 7) is 4.41. The molecule has 3 heteroatoms. The molecule has 2 unspecified atom stereocenters. The van der Waals surface area contributed by atoms with Gasteiger partial charge in [0.2, 0.25) is 0 Å². The summed E-state index contributed by atoms with van der Waals surface area (Å²) in [5.74, 6) is 0.00540. The van der Waals surface area contributed by atoms with E-state index in [2.05, 4.69) is 6.92 Å². The third kappa shape index (κ3) is 2.89. The molecule has 1 amide bonds. The van der Waals surface area contributed by atoms with Gasteiger partial charge in [0, 0.05) is 12.1 Å². The van der Waals surface area contributed by atoms with Gasteiger partial charge in [-0.15, -0.1) is 0 Å². The van der Waals surface area contributed by atoms with Crippen LogP contribution in [0.15, 0.2) is 54.6 Å². The minimum absolute atomic E-state index is 0.00540. The molecular weight excluding hydrogens is 286 g/mol. The highest BCUT2D eigenvalue weighted by molar-refractivity contribution is 5.99. The number of fused-ring (bicyclic) bond motifs is 1. The molecule has 3 nitrogen and oxygen atoms in total. The van der Waals surface area contributed by atoms with E-state index in [9.17, 15) is 9.90 Å². The van der Waals surface area contributed by atoms with Crippen LogP contribution >= 0.6 is 0 Å². The van der Waals surface area contributed by atoms with Crippen LogP contribution in [-0.2, 0) is 6.54 Å². The topological polar surface area (TPSA) is 40.5 Å². The second-order valence-corrected chi connectivity index (χ2v) is 6.52. The molecule has 1 N–H and O–H groups in total. The fourth-order valence-electron chi connectivity index (χ4n) is 3.63. The van der Waals surface area contributed by atoms with Gasteiger partial charge in [-0.1, -0.05) is 61.9 Å².